The van der Waals surface area contributed by atoms with Crippen LogP contribution in [0.1, 0.15) is 36.0 Å². The van der Waals surface area contributed by atoms with E-state index in [0.717, 1.165) is 25.2 Å². The van der Waals surface area contributed by atoms with Gasteiger partial charge in [0.25, 0.3) is 5.91 Å². The number of amides is 2. The van der Waals surface area contributed by atoms with Crippen LogP contribution in [0.15, 0.2) is 54.6 Å². The molecule has 10 nitrogen and oxygen atoms in total. The Morgan fingerprint density at radius 2 is 1.74 bits per heavy atom. The Bertz CT molecular complexity index is 1400. The molecule has 38 heavy (non-hydrogen) atoms. The second-order valence-electron chi connectivity index (χ2n) is 9.44. The summed E-state index contributed by atoms with van der Waals surface area (Å²) in [5.74, 6) is -0.188. The molecule has 5 rings (SSSR count). The van der Waals surface area contributed by atoms with E-state index in [4.69, 9.17) is 4.74 Å². The molecule has 0 aromatic heterocycles. The van der Waals surface area contributed by atoms with E-state index < -0.39 is 4.92 Å². The maximum Gasteiger partial charge on any atom is 0.310 e. The highest BCUT2D eigenvalue weighted by atomic mass is 16.6. The smallest absolute Gasteiger partial charge is 0.310 e. The molecule has 10 heteroatoms. The van der Waals surface area contributed by atoms with Crippen molar-refractivity contribution in [2.75, 3.05) is 42.7 Å². The van der Waals surface area contributed by atoms with Gasteiger partial charge in [0.15, 0.2) is 5.75 Å². The molecule has 196 valence electrons. The number of piperidine rings is 1. The average molecular weight is 516 g/mol. The lowest BCUT2D eigenvalue weighted by molar-refractivity contribution is -0.385. The van der Waals surface area contributed by atoms with E-state index in [1.807, 2.05) is 12.1 Å². The summed E-state index contributed by atoms with van der Waals surface area (Å²) in [4.78, 5) is 38.6. The summed E-state index contributed by atoms with van der Waals surface area (Å²) in [5, 5.41) is 20.4. The van der Waals surface area contributed by atoms with Gasteiger partial charge in [-0.25, -0.2) is 0 Å². The standard InChI is InChI=1S/C28H29N5O5/c1-38-26-16-19(6-10-25(26)33(36)37)18-5-8-21-23(15-18)30-22-9-7-20(17-24(22)31-28(21)35)29-27(34)11-14-32-12-3-2-4-13-32/h5-10,15-17,30H,2-4,11-14H2,1H3,(H,29,34)(H,31,35). The molecule has 0 spiro atoms. The fraction of sp³-hybridized carbons (Fsp3) is 0.286. The molecule has 1 fully saturated rings. The topological polar surface area (TPSA) is 126 Å². The molecule has 1 saturated heterocycles. The van der Waals surface area contributed by atoms with Crippen molar-refractivity contribution in [2.45, 2.75) is 25.7 Å². The van der Waals surface area contributed by atoms with Gasteiger partial charge in [0.2, 0.25) is 5.91 Å². The zero-order valence-electron chi connectivity index (χ0n) is 21.1. The van der Waals surface area contributed by atoms with Crippen LogP contribution in [0.4, 0.5) is 28.4 Å². The predicted octanol–water partition coefficient (Wildman–Crippen LogP) is 5.39. The van der Waals surface area contributed by atoms with Crippen LogP contribution in [0.5, 0.6) is 5.75 Å². The number of nitro groups is 1. The second-order valence-corrected chi connectivity index (χ2v) is 9.44. The number of ether oxygens (including phenoxy) is 1. The third kappa shape index (κ3) is 5.45. The van der Waals surface area contributed by atoms with Crippen LogP contribution in [0, 0.1) is 10.1 Å². The molecule has 3 N–H and O–H groups in total. The highest BCUT2D eigenvalue weighted by Crippen LogP contribution is 2.38. The molecular formula is C28H29N5O5. The number of likely N-dealkylation sites (tertiary alicyclic amines) is 1. The van der Waals surface area contributed by atoms with Gasteiger partial charge in [0.05, 0.1) is 34.7 Å². The van der Waals surface area contributed by atoms with Crippen molar-refractivity contribution >= 4 is 40.3 Å². The Kier molecular flexibility index (Phi) is 7.23. The molecule has 2 aliphatic heterocycles. The number of carbonyl (C=O) groups is 2. The number of methoxy groups -OCH3 is 1. The Hall–Kier alpha value is -4.44. The van der Waals surface area contributed by atoms with Crippen molar-refractivity contribution in [3.05, 3.63) is 70.3 Å². The quantitative estimate of drug-likeness (QED) is 0.284. The minimum Gasteiger partial charge on any atom is -0.490 e. The van der Waals surface area contributed by atoms with E-state index in [-0.39, 0.29) is 23.3 Å². The second kappa shape index (κ2) is 10.9. The number of nitrogens with zero attached hydrogens (tertiary/aromatic N) is 2. The summed E-state index contributed by atoms with van der Waals surface area (Å²) in [6.45, 7) is 2.83. The Morgan fingerprint density at radius 1 is 0.974 bits per heavy atom. The Morgan fingerprint density at radius 3 is 2.50 bits per heavy atom. The van der Waals surface area contributed by atoms with E-state index >= 15 is 0 Å². The normalized spacial score (nSPS) is 14.8. The van der Waals surface area contributed by atoms with Gasteiger partial charge in [-0.05, 0) is 79.5 Å². The largest absolute Gasteiger partial charge is 0.490 e. The van der Waals surface area contributed by atoms with Crippen LogP contribution < -0.4 is 20.7 Å². The van der Waals surface area contributed by atoms with Gasteiger partial charge in [0, 0.05) is 24.7 Å². The maximum absolute atomic E-state index is 13.0. The molecule has 3 aromatic carbocycles. The number of hydrogen-bond acceptors (Lipinski definition) is 7. The minimum atomic E-state index is -0.492. The lowest BCUT2D eigenvalue weighted by Gasteiger charge is -2.25. The van der Waals surface area contributed by atoms with Gasteiger partial charge in [-0.3, -0.25) is 19.7 Å². The molecule has 0 atom stereocenters. The summed E-state index contributed by atoms with van der Waals surface area (Å²) in [7, 11) is 1.39. The van der Waals surface area contributed by atoms with Crippen molar-refractivity contribution < 1.29 is 19.2 Å². The number of anilines is 4. The fourth-order valence-corrected chi connectivity index (χ4v) is 4.87. The molecule has 0 aliphatic carbocycles. The number of nitrogens with one attached hydrogen (secondary N) is 3. The van der Waals surface area contributed by atoms with Crippen LogP contribution >= 0.6 is 0 Å². The van der Waals surface area contributed by atoms with Crippen molar-refractivity contribution in [2.24, 2.45) is 0 Å². The summed E-state index contributed by atoms with van der Waals surface area (Å²) in [5.41, 5.74) is 4.24. The third-order valence-corrected chi connectivity index (χ3v) is 6.90. The number of carbonyl (C=O) groups excluding carboxylic acids is 2. The molecule has 2 amide bonds. The molecule has 0 saturated carbocycles. The van der Waals surface area contributed by atoms with Gasteiger partial charge in [-0.15, -0.1) is 0 Å². The van der Waals surface area contributed by atoms with Crippen LogP contribution in [0.3, 0.4) is 0 Å². The van der Waals surface area contributed by atoms with Gasteiger partial charge < -0.3 is 25.6 Å². The number of rotatable bonds is 7. The molecule has 0 bridgehead atoms. The van der Waals surface area contributed by atoms with Crippen molar-refractivity contribution in [1.29, 1.82) is 0 Å². The summed E-state index contributed by atoms with van der Waals surface area (Å²) < 4.78 is 5.20. The SMILES string of the molecule is COc1cc(-c2ccc3c(c2)Nc2ccc(NC(=O)CCN4CCCCC4)cc2NC3=O)ccc1[N+](=O)[O-]. The highest BCUT2D eigenvalue weighted by Gasteiger charge is 2.21. The molecule has 0 radical (unpaired) electrons. The van der Waals surface area contributed by atoms with Crippen LogP contribution in [0.25, 0.3) is 11.1 Å². The molecule has 0 unspecified atom stereocenters. The number of benzene rings is 3. The lowest BCUT2D eigenvalue weighted by atomic mass is 10.0. The zero-order chi connectivity index (χ0) is 26.6. The van der Waals surface area contributed by atoms with E-state index in [1.165, 1.54) is 32.4 Å². The van der Waals surface area contributed by atoms with Crippen molar-refractivity contribution in [1.82, 2.24) is 4.90 Å². The number of fused-ring (bicyclic) bond motifs is 2. The van der Waals surface area contributed by atoms with E-state index in [1.54, 1.807) is 36.4 Å². The molecular weight excluding hydrogens is 486 g/mol. The van der Waals surface area contributed by atoms with Gasteiger partial charge in [-0.1, -0.05) is 12.5 Å². The fourth-order valence-electron chi connectivity index (χ4n) is 4.87. The van der Waals surface area contributed by atoms with E-state index in [0.29, 0.717) is 40.3 Å². The first kappa shape index (κ1) is 25.2. The van der Waals surface area contributed by atoms with Gasteiger partial charge in [-0.2, -0.15) is 0 Å². The van der Waals surface area contributed by atoms with Crippen LogP contribution in [0.2, 0.25) is 0 Å². The monoisotopic (exact) mass is 515 g/mol. The minimum absolute atomic E-state index is 0.0603. The summed E-state index contributed by atoms with van der Waals surface area (Å²) >= 11 is 0. The summed E-state index contributed by atoms with van der Waals surface area (Å²) in [6, 6.07) is 15.3. The number of nitro benzene ring substituents is 1. The first-order valence-electron chi connectivity index (χ1n) is 12.6. The van der Waals surface area contributed by atoms with Crippen LogP contribution in [-0.2, 0) is 4.79 Å². The zero-order valence-corrected chi connectivity index (χ0v) is 21.1. The van der Waals surface area contributed by atoms with Gasteiger partial charge in [0.1, 0.15) is 0 Å². The van der Waals surface area contributed by atoms with Gasteiger partial charge >= 0.3 is 5.69 Å². The van der Waals surface area contributed by atoms with Crippen molar-refractivity contribution in [3.8, 4) is 16.9 Å². The Balaban J connectivity index is 1.33. The maximum atomic E-state index is 13.0. The molecule has 3 aromatic rings. The highest BCUT2D eigenvalue weighted by molar-refractivity contribution is 6.13. The average Bonchev–Trinajstić information content (AvgIpc) is 3.06. The van der Waals surface area contributed by atoms with E-state index in [9.17, 15) is 19.7 Å². The van der Waals surface area contributed by atoms with E-state index in [2.05, 4.69) is 20.9 Å². The Labute approximate surface area is 220 Å². The predicted molar refractivity (Wildman–Crippen MR) is 146 cm³/mol. The summed E-state index contributed by atoms with van der Waals surface area (Å²) in [6.07, 6.45) is 4.05. The third-order valence-electron chi connectivity index (χ3n) is 6.90. The van der Waals surface area contributed by atoms with Crippen LogP contribution in [-0.4, -0.2) is 48.4 Å². The number of hydrogen-bond donors (Lipinski definition) is 3. The molecule has 2 heterocycles. The first-order valence-corrected chi connectivity index (χ1v) is 12.6. The lowest BCUT2D eigenvalue weighted by Crippen LogP contribution is -2.32. The first-order chi connectivity index (χ1) is 18.4. The van der Waals surface area contributed by atoms with Crippen molar-refractivity contribution in [3.63, 3.8) is 0 Å². The molecule has 2 aliphatic rings.